The molecule has 1 aliphatic heterocycles. The lowest BCUT2D eigenvalue weighted by atomic mass is 9.96. The number of fused-ring (bicyclic) bond motifs is 1. The summed E-state index contributed by atoms with van der Waals surface area (Å²) in [4.78, 5) is 24.2. The van der Waals surface area contributed by atoms with Crippen molar-refractivity contribution in [1.29, 1.82) is 0 Å². The van der Waals surface area contributed by atoms with Gasteiger partial charge in [0, 0.05) is 30.4 Å². The number of imide groups is 1. The van der Waals surface area contributed by atoms with Crippen molar-refractivity contribution >= 4 is 27.4 Å². The van der Waals surface area contributed by atoms with Crippen LogP contribution < -0.4 is 15.4 Å². The number of carbonyl (C=O) groups is 2. The summed E-state index contributed by atoms with van der Waals surface area (Å²) >= 11 is 0. The van der Waals surface area contributed by atoms with Gasteiger partial charge >= 0.3 is 0 Å². The molecule has 2 aromatic carbocycles. The smallest absolute Gasteiger partial charge is 0.260 e. The van der Waals surface area contributed by atoms with E-state index >= 15 is 0 Å². The predicted octanol–water partition coefficient (Wildman–Crippen LogP) is 1.39. The Morgan fingerprint density at radius 3 is 2.30 bits per heavy atom. The first kappa shape index (κ1) is 18.8. The normalized spacial score (nSPS) is 15.4. The van der Waals surface area contributed by atoms with Crippen LogP contribution in [0.25, 0.3) is 5.57 Å². The molecule has 1 heterocycles. The van der Waals surface area contributed by atoms with Gasteiger partial charge in [-0.15, -0.1) is 0 Å². The van der Waals surface area contributed by atoms with Gasteiger partial charge in [-0.2, -0.15) is 0 Å². The Balaban J connectivity index is 1.73. The van der Waals surface area contributed by atoms with Crippen molar-refractivity contribution in [1.82, 2.24) is 15.4 Å². The number of hydrogen-bond acceptors (Lipinski definition) is 5. The summed E-state index contributed by atoms with van der Waals surface area (Å²) in [5.74, 6) is -0.872. The minimum atomic E-state index is -3.48. The minimum Gasteiger partial charge on any atom is -0.386 e. The summed E-state index contributed by atoms with van der Waals surface area (Å²) < 4.78 is 26.3. The Kier molecular flexibility index (Phi) is 5.38. The maximum absolute atomic E-state index is 12.1. The van der Waals surface area contributed by atoms with Gasteiger partial charge in [-0.3, -0.25) is 14.9 Å². The van der Waals surface area contributed by atoms with Crippen molar-refractivity contribution in [2.75, 3.05) is 6.54 Å². The molecule has 0 saturated carbocycles. The summed E-state index contributed by atoms with van der Waals surface area (Å²) in [6, 6.07) is 13.4. The molecule has 0 unspecified atom stereocenters. The van der Waals surface area contributed by atoms with Gasteiger partial charge in [-0.25, -0.2) is 13.1 Å². The third-order valence-electron chi connectivity index (χ3n) is 4.05. The lowest BCUT2D eigenvalue weighted by Gasteiger charge is -2.18. The van der Waals surface area contributed by atoms with Crippen LogP contribution in [0.2, 0.25) is 0 Å². The van der Waals surface area contributed by atoms with E-state index in [2.05, 4.69) is 15.4 Å². The SMILES string of the molecule is CCNS(=O)(=O)c1ccc(CNC=C2C(=O)NC(=O)c3ccccc32)cc1. The highest BCUT2D eigenvalue weighted by Crippen LogP contribution is 2.23. The first-order valence-corrected chi connectivity index (χ1v) is 9.88. The Morgan fingerprint density at radius 1 is 0.963 bits per heavy atom. The van der Waals surface area contributed by atoms with Gasteiger partial charge in [0.2, 0.25) is 10.0 Å². The fraction of sp³-hybridized carbons (Fsp3) is 0.158. The van der Waals surface area contributed by atoms with Gasteiger partial charge < -0.3 is 5.32 Å². The zero-order chi connectivity index (χ0) is 19.4. The van der Waals surface area contributed by atoms with Gasteiger partial charge in [-0.1, -0.05) is 37.3 Å². The number of sulfonamides is 1. The van der Waals surface area contributed by atoms with Crippen LogP contribution in [-0.4, -0.2) is 26.8 Å². The molecular weight excluding hydrogens is 366 g/mol. The Bertz CT molecular complexity index is 1010. The van der Waals surface area contributed by atoms with Gasteiger partial charge in [0.25, 0.3) is 11.8 Å². The Labute approximate surface area is 157 Å². The number of benzene rings is 2. The van der Waals surface area contributed by atoms with Crippen molar-refractivity contribution in [2.45, 2.75) is 18.4 Å². The fourth-order valence-corrected chi connectivity index (χ4v) is 3.79. The van der Waals surface area contributed by atoms with Crippen LogP contribution >= 0.6 is 0 Å². The highest BCUT2D eigenvalue weighted by atomic mass is 32.2. The van der Waals surface area contributed by atoms with Crippen LogP contribution in [0.15, 0.2) is 59.6 Å². The maximum Gasteiger partial charge on any atom is 0.260 e. The molecule has 8 heteroatoms. The highest BCUT2D eigenvalue weighted by molar-refractivity contribution is 7.89. The zero-order valence-electron chi connectivity index (χ0n) is 14.7. The molecule has 0 fully saturated rings. The van der Waals surface area contributed by atoms with Crippen LogP contribution in [0.4, 0.5) is 0 Å². The van der Waals surface area contributed by atoms with Crippen LogP contribution in [0.3, 0.4) is 0 Å². The molecule has 0 saturated heterocycles. The third-order valence-corrected chi connectivity index (χ3v) is 5.62. The number of carbonyl (C=O) groups excluding carboxylic acids is 2. The monoisotopic (exact) mass is 385 g/mol. The van der Waals surface area contributed by atoms with Crippen LogP contribution in [0.1, 0.15) is 28.4 Å². The molecule has 0 aliphatic carbocycles. The molecule has 0 aromatic heterocycles. The van der Waals surface area contributed by atoms with Crippen molar-refractivity contribution in [3.8, 4) is 0 Å². The van der Waals surface area contributed by atoms with E-state index in [0.29, 0.717) is 29.8 Å². The lowest BCUT2D eigenvalue weighted by molar-refractivity contribution is -0.114. The van der Waals surface area contributed by atoms with Crippen molar-refractivity contribution in [2.24, 2.45) is 0 Å². The molecule has 3 rings (SSSR count). The standard InChI is InChI=1S/C19H19N3O4S/c1-2-21-27(25,26)14-9-7-13(8-10-14)11-20-12-17-15-5-3-4-6-16(15)18(23)22-19(17)24/h3-10,12,20-21H,2,11H2,1H3,(H,22,23,24). The minimum absolute atomic E-state index is 0.200. The lowest BCUT2D eigenvalue weighted by Crippen LogP contribution is -2.36. The summed E-state index contributed by atoms with van der Waals surface area (Å²) in [7, 11) is -3.48. The second kappa shape index (κ2) is 7.73. The second-order valence-corrected chi connectivity index (χ2v) is 7.68. The average molecular weight is 385 g/mol. The summed E-state index contributed by atoms with van der Waals surface area (Å²) in [6.45, 7) is 2.44. The van der Waals surface area contributed by atoms with E-state index in [0.717, 1.165) is 5.56 Å². The third kappa shape index (κ3) is 4.07. The van der Waals surface area contributed by atoms with Gasteiger partial charge in [0.1, 0.15) is 0 Å². The molecule has 140 valence electrons. The summed E-state index contributed by atoms with van der Waals surface area (Å²) in [5.41, 5.74) is 2.24. The molecule has 2 amide bonds. The first-order chi connectivity index (χ1) is 12.9. The average Bonchev–Trinajstić information content (AvgIpc) is 2.65. The summed E-state index contributed by atoms with van der Waals surface area (Å²) in [6.07, 6.45) is 1.56. The molecule has 0 radical (unpaired) electrons. The second-order valence-electron chi connectivity index (χ2n) is 5.91. The topological polar surface area (TPSA) is 104 Å². The molecule has 27 heavy (non-hydrogen) atoms. The summed E-state index contributed by atoms with van der Waals surface area (Å²) in [5, 5.41) is 5.35. The molecule has 0 bridgehead atoms. The number of rotatable bonds is 6. The molecule has 3 N–H and O–H groups in total. The van der Waals surface area contributed by atoms with E-state index in [1.807, 2.05) is 0 Å². The number of nitrogens with one attached hydrogen (secondary N) is 3. The molecule has 2 aromatic rings. The van der Waals surface area contributed by atoms with Crippen molar-refractivity contribution in [3.05, 3.63) is 71.4 Å². The van der Waals surface area contributed by atoms with Crippen molar-refractivity contribution < 1.29 is 18.0 Å². The van der Waals surface area contributed by atoms with E-state index in [4.69, 9.17) is 0 Å². The number of hydrogen-bond donors (Lipinski definition) is 3. The highest BCUT2D eigenvalue weighted by Gasteiger charge is 2.26. The first-order valence-electron chi connectivity index (χ1n) is 8.39. The van der Waals surface area contributed by atoms with E-state index in [-0.39, 0.29) is 4.90 Å². The van der Waals surface area contributed by atoms with E-state index < -0.39 is 21.8 Å². The van der Waals surface area contributed by atoms with Crippen molar-refractivity contribution in [3.63, 3.8) is 0 Å². The van der Waals surface area contributed by atoms with Crippen LogP contribution in [-0.2, 0) is 21.4 Å². The zero-order valence-corrected chi connectivity index (χ0v) is 15.5. The molecule has 1 aliphatic rings. The Morgan fingerprint density at radius 2 is 1.63 bits per heavy atom. The van der Waals surface area contributed by atoms with Crippen LogP contribution in [0, 0.1) is 0 Å². The van der Waals surface area contributed by atoms with Gasteiger partial charge in [0.05, 0.1) is 10.5 Å². The largest absolute Gasteiger partial charge is 0.386 e. The predicted molar refractivity (Wildman–Crippen MR) is 101 cm³/mol. The number of amides is 2. The van der Waals surface area contributed by atoms with E-state index in [1.54, 1.807) is 49.5 Å². The molecule has 0 atom stereocenters. The van der Waals surface area contributed by atoms with Crippen LogP contribution in [0.5, 0.6) is 0 Å². The maximum atomic E-state index is 12.1. The molecular formula is C19H19N3O4S. The Hall–Kier alpha value is -2.97. The fourth-order valence-electron chi connectivity index (χ4n) is 2.75. The van der Waals surface area contributed by atoms with Gasteiger partial charge in [-0.05, 0) is 23.8 Å². The quantitative estimate of drug-likeness (QED) is 0.515. The van der Waals surface area contributed by atoms with Gasteiger partial charge in [0.15, 0.2) is 0 Å². The van der Waals surface area contributed by atoms with E-state index in [9.17, 15) is 18.0 Å². The molecule has 0 spiro atoms. The van der Waals surface area contributed by atoms with E-state index in [1.165, 1.54) is 12.1 Å². The molecule has 7 nitrogen and oxygen atoms in total.